The highest BCUT2D eigenvalue weighted by atomic mass is 32.2. The number of rotatable bonds is 8. The number of likely N-dealkylation sites (N-methyl/N-ethyl adjacent to an activating group) is 1. The van der Waals surface area contributed by atoms with Crippen molar-refractivity contribution in [2.24, 2.45) is 0 Å². The Morgan fingerprint density at radius 2 is 2.00 bits per heavy atom. The summed E-state index contributed by atoms with van der Waals surface area (Å²) in [5, 5.41) is 3.31. The summed E-state index contributed by atoms with van der Waals surface area (Å²) in [5.74, 6) is 0. The minimum Gasteiger partial charge on any atom is -0.310 e. The molecule has 5 nitrogen and oxygen atoms in total. The number of aryl methyl sites for hydroxylation is 1. The van der Waals surface area contributed by atoms with Crippen LogP contribution in [0.3, 0.4) is 0 Å². The van der Waals surface area contributed by atoms with E-state index in [1.54, 1.807) is 6.07 Å². The van der Waals surface area contributed by atoms with E-state index in [2.05, 4.69) is 23.9 Å². The maximum absolute atomic E-state index is 12.2. The number of nitrogens with zero attached hydrogens (tertiary/aromatic N) is 1. The van der Waals surface area contributed by atoms with E-state index >= 15 is 0 Å². The van der Waals surface area contributed by atoms with Crippen LogP contribution < -0.4 is 10.0 Å². The van der Waals surface area contributed by atoms with Crippen molar-refractivity contribution in [3.63, 3.8) is 0 Å². The van der Waals surface area contributed by atoms with Crippen LogP contribution in [0.2, 0.25) is 0 Å². The first-order valence-electron chi connectivity index (χ1n) is 6.69. The molecule has 0 fully saturated rings. The van der Waals surface area contributed by atoms with Crippen LogP contribution in [0, 0.1) is 6.92 Å². The van der Waals surface area contributed by atoms with Gasteiger partial charge in [0.1, 0.15) is 4.21 Å². The van der Waals surface area contributed by atoms with Crippen LogP contribution in [0.4, 0.5) is 0 Å². The Morgan fingerprint density at radius 1 is 1.35 bits per heavy atom. The Kier molecular flexibility index (Phi) is 6.60. The monoisotopic (exact) mass is 319 g/mol. The van der Waals surface area contributed by atoms with E-state index in [0.717, 1.165) is 10.4 Å². The molecular weight excluding hydrogens is 294 g/mol. The molecule has 2 N–H and O–H groups in total. The largest absolute Gasteiger partial charge is 0.310 e. The molecule has 1 rings (SSSR count). The van der Waals surface area contributed by atoms with E-state index in [-0.39, 0.29) is 0 Å². The molecule has 7 heteroatoms. The Labute approximate surface area is 126 Å². The summed E-state index contributed by atoms with van der Waals surface area (Å²) >= 11 is 1.34. The van der Waals surface area contributed by atoms with Gasteiger partial charge in [0, 0.05) is 30.6 Å². The van der Waals surface area contributed by atoms with Crippen molar-refractivity contribution in [2.45, 2.75) is 37.6 Å². The summed E-state index contributed by atoms with van der Waals surface area (Å²) in [6, 6.07) is 2.13. The molecule has 0 aliphatic heterocycles. The Balaban J connectivity index is 2.73. The van der Waals surface area contributed by atoms with Gasteiger partial charge in [-0.15, -0.1) is 11.3 Å². The third-order valence-corrected chi connectivity index (χ3v) is 5.96. The van der Waals surface area contributed by atoms with Gasteiger partial charge < -0.3 is 10.2 Å². The van der Waals surface area contributed by atoms with E-state index in [0.29, 0.717) is 29.9 Å². The SMILES string of the molecule is Cc1cc(S(=O)(=O)NCCN(C)C)sc1CNC(C)C. The fourth-order valence-corrected chi connectivity index (χ4v) is 4.17. The summed E-state index contributed by atoms with van der Waals surface area (Å²) in [6.07, 6.45) is 0. The Bertz CT molecular complexity index is 522. The van der Waals surface area contributed by atoms with E-state index in [1.807, 2.05) is 25.9 Å². The van der Waals surface area contributed by atoms with Crippen LogP contribution in [0.5, 0.6) is 0 Å². The second kappa shape index (κ2) is 7.51. The topological polar surface area (TPSA) is 61.4 Å². The van der Waals surface area contributed by atoms with Gasteiger partial charge in [-0.3, -0.25) is 0 Å². The number of thiophene rings is 1. The predicted octanol–water partition coefficient (Wildman–Crippen LogP) is 1.39. The first kappa shape index (κ1) is 17.6. The fourth-order valence-electron chi connectivity index (χ4n) is 1.57. The molecule has 0 aliphatic carbocycles. The van der Waals surface area contributed by atoms with Crippen LogP contribution in [0.1, 0.15) is 24.3 Å². The van der Waals surface area contributed by atoms with Crippen LogP contribution in [0.25, 0.3) is 0 Å². The standard InChI is InChI=1S/C13H25N3O2S2/c1-10(2)14-9-12-11(3)8-13(19-12)20(17,18)15-6-7-16(4)5/h8,10,14-15H,6-7,9H2,1-5H3. The molecule has 1 aromatic heterocycles. The maximum Gasteiger partial charge on any atom is 0.250 e. The van der Waals surface area contributed by atoms with Crippen molar-refractivity contribution in [3.05, 3.63) is 16.5 Å². The first-order valence-corrected chi connectivity index (χ1v) is 8.99. The Morgan fingerprint density at radius 3 is 2.55 bits per heavy atom. The van der Waals surface area contributed by atoms with Crippen molar-refractivity contribution >= 4 is 21.4 Å². The lowest BCUT2D eigenvalue weighted by atomic mass is 10.3. The van der Waals surface area contributed by atoms with Gasteiger partial charge in [0.05, 0.1) is 0 Å². The smallest absolute Gasteiger partial charge is 0.250 e. The molecule has 0 aromatic carbocycles. The van der Waals surface area contributed by atoms with Gasteiger partial charge in [-0.2, -0.15) is 0 Å². The fraction of sp³-hybridized carbons (Fsp3) is 0.692. The lowest BCUT2D eigenvalue weighted by Crippen LogP contribution is -2.31. The minimum atomic E-state index is -3.38. The third kappa shape index (κ3) is 5.49. The Hall–Kier alpha value is -0.470. The molecule has 0 spiro atoms. The first-order chi connectivity index (χ1) is 9.22. The molecule has 0 unspecified atom stereocenters. The second-order valence-electron chi connectivity index (χ2n) is 5.41. The van der Waals surface area contributed by atoms with Crippen LogP contribution >= 0.6 is 11.3 Å². The average molecular weight is 319 g/mol. The zero-order valence-corrected chi connectivity index (χ0v) is 14.5. The molecule has 0 radical (unpaired) electrons. The van der Waals surface area contributed by atoms with Gasteiger partial charge >= 0.3 is 0 Å². The maximum atomic E-state index is 12.2. The molecular formula is C13H25N3O2S2. The van der Waals surface area contributed by atoms with Gasteiger partial charge in [-0.05, 0) is 32.6 Å². The molecule has 20 heavy (non-hydrogen) atoms. The minimum absolute atomic E-state index is 0.384. The number of hydrogen-bond donors (Lipinski definition) is 2. The van der Waals surface area contributed by atoms with Crippen molar-refractivity contribution < 1.29 is 8.42 Å². The molecule has 0 saturated heterocycles. The highest BCUT2D eigenvalue weighted by Crippen LogP contribution is 2.25. The van der Waals surface area contributed by atoms with Gasteiger partial charge in [-0.1, -0.05) is 13.8 Å². The van der Waals surface area contributed by atoms with Gasteiger partial charge in [-0.25, -0.2) is 13.1 Å². The van der Waals surface area contributed by atoms with Crippen molar-refractivity contribution in [1.82, 2.24) is 14.9 Å². The van der Waals surface area contributed by atoms with Crippen molar-refractivity contribution in [2.75, 3.05) is 27.2 Å². The lowest BCUT2D eigenvalue weighted by molar-refractivity contribution is 0.412. The van der Waals surface area contributed by atoms with Gasteiger partial charge in [0.2, 0.25) is 10.0 Å². The number of hydrogen-bond acceptors (Lipinski definition) is 5. The van der Waals surface area contributed by atoms with Crippen LogP contribution in [0.15, 0.2) is 10.3 Å². The van der Waals surface area contributed by atoms with E-state index in [1.165, 1.54) is 11.3 Å². The molecule has 1 heterocycles. The highest BCUT2D eigenvalue weighted by molar-refractivity contribution is 7.91. The van der Waals surface area contributed by atoms with E-state index in [9.17, 15) is 8.42 Å². The summed E-state index contributed by atoms with van der Waals surface area (Å²) < 4.78 is 27.4. The molecule has 0 bridgehead atoms. The highest BCUT2D eigenvalue weighted by Gasteiger charge is 2.18. The second-order valence-corrected chi connectivity index (χ2v) is 8.54. The van der Waals surface area contributed by atoms with Crippen molar-refractivity contribution in [3.8, 4) is 0 Å². The quantitative estimate of drug-likeness (QED) is 0.760. The summed E-state index contributed by atoms with van der Waals surface area (Å²) in [5.41, 5.74) is 1.02. The van der Waals surface area contributed by atoms with Gasteiger partial charge in [0.25, 0.3) is 0 Å². The molecule has 0 aliphatic rings. The summed E-state index contributed by atoms with van der Waals surface area (Å²) in [7, 11) is 0.450. The molecule has 1 aromatic rings. The average Bonchev–Trinajstić information content (AvgIpc) is 2.68. The van der Waals surface area contributed by atoms with Crippen LogP contribution in [-0.2, 0) is 16.6 Å². The predicted molar refractivity (Wildman–Crippen MR) is 84.8 cm³/mol. The van der Waals surface area contributed by atoms with E-state index < -0.39 is 10.0 Å². The molecule has 0 amide bonds. The lowest BCUT2D eigenvalue weighted by Gasteiger charge is -2.10. The summed E-state index contributed by atoms with van der Waals surface area (Å²) in [4.78, 5) is 3.02. The zero-order chi connectivity index (χ0) is 15.3. The molecule has 116 valence electrons. The van der Waals surface area contributed by atoms with Crippen LogP contribution in [-0.4, -0.2) is 46.5 Å². The van der Waals surface area contributed by atoms with E-state index in [4.69, 9.17) is 0 Å². The normalized spacial score (nSPS) is 12.6. The molecule has 0 saturated carbocycles. The van der Waals surface area contributed by atoms with Crippen molar-refractivity contribution in [1.29, 1.82) is 0 Å². The third-order valence-electron chi connectivity index (χ3n) is 2.78. The molecule has 0 atom stereocenters. The number of nitrogens with one attached hydrogen (secondary N) is 2. The zero-order valence-electron chi connectivity index (χ0n) is 12.9. The number of sulfonamides is 1. The van der Waals surface area contributed by atoms with Gasteiger partial charge in [0.15, 0.2) is 0 Å². The summed E-state index contributed by atoms with van der Waals surface area (Å²) in [6.45, 7) is 7.91.